The van der Waals surface area contributed by atoms with Gasteiger partial charge in [-0.25, -0.2) is 0 Å². The summed E-state index contributed by atoms with van der Waals surface area (Å²) in [6.45, 7) is 3.03. The number of hydroxylamine groups is 2. The summed E-state index contributed by atoms with van der Waals surface area (Å²) < 4.78 is 0. The number of terminal acetylenes is 1. The van der Waals surface area contributed by atoms with Gasteiger partial charge in [0.05, 0.1) is 0 Å². The van der Waals surface area contributed by atoms with Crippen LogP contribution in [0.3, 0.4) is 0 Å². The van der Waals surface area contributed by atoms with Crippen LogP contribution in [0.25, 0.3) is 0 Å². The number of allylic oxidation sites excluding steroid dienone is 4. The molecule has 2 nitrogen and oxygen atoms in total. The maximum Gasteiger partial charge on any atom is 0.120 e. The average Bonchev–Trinajstić information content (AvgIpc) is 2.65. The van der Waals surface area contributed by atoms with Gasteiger partial charge in [0, 0.05) is 25.1 Å². The lowest BCUT2D eigenvalue weighted by molar-refractivity contribution is -0.114. The smallest absolute Gasteiger partial charge is 0.120 e. The molecule has 0 aromatic carbocycles. The minimum absolute atomic E-state index is 0.0384. The molecule has 1 aliphatic carbocycles. The fourth-order valence-corrected chi connectivity index (χ4v) is 2.17. The van der Waals surface area contributed by atoms with Gasteiger partial charge in [-0.3, -0.25) is 4.84 Å². The number of hydrogen-bond acceptors (Lipinski definition) is 2. The summed E-state index contributed by atoms with van der Waals surface area (Å²) in [6, 6.07) is 0. The zero-order valence-electron chi connectivity index (χ0n) is 9.81. The zero-order valence-corrected chi connectivity index (χ0v) is 9.81. The number of fused-ring (bicyclic) bond motifs is 1. The van der Waals surface area contributed by atoms with Gasteiger partial charge in [-0.2, -0.15) is 5.06 Å². The topological polar surface area (TPSA) is 12.5 Å². The molecule has 84 valence electrons. The number of hydrogen-bond donors (Lipinski definition) is 0. The maximum absolute atomic E-state index is 5.73. The molecular formula is C14H17NO. The summed E-state index contributed by atoms with van der Waals surface area (Å²) in [6.07, 6.45) is 15.2. The van der Waals surface area contributed by atoms with Gasteiger partial charge in [0.15, 0.2) is 0 Å². The monoisotopic (exact) mass is 215 g/mol. The normalized spacial score (nSPS) is 29.8. The minimum Gasteiger partial charge on any atom is -0.290 e. The largest absolute Gasteiger partial charge is 0.290 e. The van der Waals surface area contributed by atoms with Gasteiger partial charge in [-0.15, -0.1) is 6.42 Å². The summed E-state index contributed by atoms with van der Waals surface area (Å²) in [4.78, 5) is 5.73. The van der Waals surface area contributed by atoms with Crippen molar-refractivity contribution in [3.05, 3.63) is 35.5 Å². The summed E-state index contributed by atoms with van der Waals surface area (Å²) in [5.74, 6) is 3.18. The second kappa shape index (κ2) is 4.69. The highest BCUT2D eigenvalue weighted by Crippen LogP contribution is 2.32. The van der Waals surface area contributed by atoms with Crippen molar-refractivity contribution in [1.29, 1.82) is 0 Å². The van der Waals surface area contributed by atoms with Gasteiger partial charge in [0.1, 0.15) is 6.10 Å². The van der Waals surface area contributed by atoms with E-state index in [2.05, 4.69) is 37.1 Å². The third kappa shape index (κ3) is 1.97. The van der Waals surface area contributed by atoms with E-state index in [1.165, 1.54) is 0 Å². The standard InChI is InChI=1S/C14H17NO/c1-4-6-7-11-8-9-12-10-15(3)16-14(12)13(11)5-2/h2,6-9,12,14H,4,10H2,1,3H3/b7-6-. The van der Waals surface area contributed by atoms with E-state index in [1.807, 2.05) is 12.1 Å². The molecule has 1 aliphatic heterocycles. The fourth-order valence-electron chi connectivity index (χ4n) is 2.17. The number of nitrogens with zero attached hydrogens (tertiary/aromatic N) is 1. The van der Waals surface area contributed by atoms with E-state index in [1.54, 1.807) is 0 Å². The Bertz CT molecular complexity index is 397. The van der Waals surface area contributed by atoms with Crippen molar-refractivity contribution < 1.29 is 4.84 Å². The Hall–Kier alpha value is -1.30. The average molecular weight is 215 g/mol. The van der Waals surface area contributed by atoms with Crippen molar-refractivity contribution in [3.63, 3.8) is 0 Å². The molecule has 0 N–H and O–H groups in total. The molecule has 0 radical (unpaired) electrons. The SMILES string of the molecule is C#CC1=C(/C=C\CC)C=CC2CN(C)OC12. The lowest BCUT2D eigenvalue weighted by Gasteiger charge is -2.20. The predicted octanol–water partition coefficient (Wildman–Crippen LogP) is 2.31. The third-order valence-electron chi connectivity index (χ3n) is 2.96. The molecule has 2 rings (SSSR count). The predicted molar refractivity (Wildman–Crippen MR) is 65.4 cm³/mol. The van der Waals surface area contributed by atoms with Crippen LogP contribution in [0, 0.1) is 18.3 Å². The second-order valence-corrected chi connectivity index (χ2v) is 4.18. The van der Waals surface area contributed by atoms with Crippen molar-refractivity contribution in [2.24, 2.45) is 5.92 Å². The molecule has 16 heavy (non-hydrogen) atoms. The van der Waals surface area contributed by atoms with E-state index < -0.39 is 0 Å². The lowest BCUT2D eigenvalue weighted by atomic mass is 9.87. The Kier molecular flexibility index (Phi) is 3.28. The fraction of sp³-hybridized carbons (Fsp3) is 0.429. The number of rotatable bonds is 2. The summed E-state index contributed by atoms with van der Waals surface area (Å²) >= 11 is 0. The first-order valence-corrected chi connectivity index (χ1v) is 5.69. The first-order chi connectivity index (χ1) is 7.76. The van der Waals surface area contributed by atoms with Crippen molar-refractivity contribution >= 4 is 0 Å². The maximum atomic E-state index is 5.73. The Morgan fingerprint density at radius 1 is 1.69 bits per heavy atom. The van der Waals surface area contributed by atoms with Crippen LogP contribution in [-0.4, -0.2) is 24.8 Å². The van der Waals surface area contributed by atoms with Gasteiger partial charge in [0.25, 0.3) is 0 Å². The quantitative estimate of drug-likeness (QED) is 0.655. The van der Waals surface area contributed by atoms with Crippen molar-refractivity contribution in [2.75, 3.05) is 13.6 Å². The molecule has 0 aromatic heterocycles. The molecule has 0 bridgehead atoms. The molecule has 2 heteroatoms. The van der Waals surface area contributed by atoms with E-state index >= 15 is 0 Å². The van der Waals surface area contributed by atoms with Crippen LogP contribution in [0.2, 0.25) is 0 Å². The minimum atomic E-state index is 0.0384. The molecule has 1 heterocycles. The van der Waals surface area contributed by atoms with Crippen molar-refractivity contribution in [2.45, 2.75) is 19.4 Å². The van der Waals surface area contributed by atoms with Crippen LogP contribution < -0.4 is 0 Å². The van der Waals surface area contributed by atoms with Crippen molar-refractivity contribution in [1.82, 2.24) is 5.06 Å². The van der Waals surface area contributed by atoms with E-state index in [0.717, 1.165) is 24.1 Å². The summed E-state index contributed by atoms with van der Waals surface area (Å²) in [5, 5.41) is 1.86. The molecule has 2 unspecified atom stereocenters. The molecule has 0 amide bonds. The highest BCUT2D eigenvalue weighted by molar-refractivity contribution is 5.49. The summed E-state index contributed by atoms with van der Waals surface area (Å²) in [5.41, 5.74) is 2.09. The Morgan fingerprint density at radius 2 is 2.50 bits per heavy atom. The van der Waals surface area contributed by atoms with Crippen LogP contribution in [0.5, 0.6) is 0 Å². The molecular weight excluding hydrogens is 198 g/mol. The van der Waals surface area contributed by atoms with Crippen LogP contribution >= 0.6 is 0 Å². The van der Waals surface area contributed by atoms with Gasteiger partial charge in [-0.05, 0) is 12.0 Å². The van der Waals surface area contributed by atoms with Gasteiger partial charge in [0.2, 0.25) is 0 Å². The van der Waals surface area contributed by atoms with Crippen LogP contribution in [-0.2, 0) is 4.84 Å². The Balaban J connectivity index is 2.30. The molecule has 1 fully saturated rings. The first kappa shape index (κ1) is 11.2. The van der Waals surface area contributed by atoms with E-state index in [-0.39, 0.29) is 6.10 Å². The Morgan fingerprint density at radius 3 is 3.19 bits per heavy atom. The third-order valence-corrected chi connectivity index (χ3v) is 2.96. The van der Waals surface area contributed by atoms with Crippen LogP contribution in [0.1, 0.15) is 13.3 Å². The van der Waals surface area contributed by atoms with E-state index in [9.17, 15) is 0 Å². The molecule has 2 aliphatic rings. The van der Waals surface area contributed by atoms with Gasteiger partial charge >= 0.3 is 0 Å². The van der Waals surface area contributed by atoms with E-state index in [0.29, 0.717) is 5.92 Å². The molecule has 0 aromatic rings. The molecule has 0 saturated carbocycles. The van der Waals surface area contributed by atoms with E-state index in [4.69, 9.17) is 11.3 Å². The summed E-state index contributed by atoms with van der Waals surface area (Å²) in [7, 11) is 1.95. The van der Waals surface area contributed by atoms with Crippen LogP contribution in [0.15, 0.2) is 35.5 Å². The molecule has 2 atom stereocenters. The highest BCUT2D eigenvalue weighted by Gasteiger charge is 2.35. The first-order valence-electron chi connectivity index (χ1n) is 5.69. The van der Waals surface area contributed by atoms with Crippen LogP contribution in [0.4, 0.5) is 0 Å². The second-order valence-electron chi connectivity index (χ2n) is 4.18. The lowest BCUT2D eigenvalue weighted by Crippen LogP contribution is -2.21. The van der Waals surface area contributed by atoms with Gasteiger partial charge in [-0.1, -0.05) is 37.1 Å². The molecule has 0 spiro atoms. The van der Waals surface area contributed by atoms with Gasteiger partial charge < -0.3 is 0 Å². The molecule has 1 saturated heterocycles. The van der Waals surface area contributed by atoms with Crippen molar-refractivity contribution in [3.8, 4) is 12.3 Å². The highest BCUT2D eigenvalue weighted by atomic mass is 16.7. The Labute approximate surface area is 97.2 Å². The zero-order chi connectivity index (χ0) is 11.5.